The van der Waals surface area contributed by atoms with Crippen molar-refractivity contribution in [2.24, 2.45) is 5.92 Å². The van der Waals surface area contributed by atoms with Crippen LogP contribution in [0.2, 0.25) is 0 Å². The van der Waals surface area contributed by atoms with Crippen LogP contribution in [-0.4, -0.2) is 18.6 Å². The van der Waals surface area contributed by atoms with E-state index in [0.29, 0.717) is 12.5 Å². The molecule has 7 heteroatoms. The first-order valence-corrected chi connectivity index (χ1v) is 4.68. The minimum absolute atomic E-state index is 0. The number of hydrogen-bond acceptors (Lipinski definition) is 2. The van der Waals surface area contributed by atoms with Gasteiger partial charge in [0.05, 0.1) is 6.61 Å². The van der Waals surface area contributed by atoms with Gasteiger partial charge in [0, 0.05) is 6.20 Å². The molecule has 0 N–H and O–H groups in total. The third-order valence-corrected chi connectivity index (χ3v) is 1.70. The Bertz CT molecular complexity index is 316. The van der Waals surface area contributed by atoms with Crippen molar-refractivity contribution in [2.75, 3.05) is 6.61 Å². The Morgan fingerprint density at radius 2 is 1.94 bits per heavy atom. The van der Waals surface area contributed by atoms with Crippen molar-refractivity contribution in [3.05, 3.63) is 18.3 Å². The summed E-state index contributed by atoms with van der Waals surface area (Å²) in [7, 11) is 0. The van der Waals surface area contributed by atoms with E-state index in [-0.39, 0.29) is 57.3 Å². The Morgan fingerprint density at radius 3 is 2.31 bits per heavy atom. The van der Waals surface area contributed by atoms with E-state index in [9.17, 15) is 12.9 Å². The summed E-state index contributed by atoms with van der Waals surface area (Å²) in [6.07, 6.45) is 0.801. The van der Waals surface area contributed by atoms with E-state index in [4.69, 9.17) is 4.74 Å². The molecule has 0 bridgehead atoms. The Hall–Kier alpha value is 0.441. The summed E-state index contributed by atoms with van der Waals surface area (Å²) in [5.41, 5.74) is -0.702. The van der Waals surface area contributed by atoms with Crippen LogP contribution in [0.3, 0.4) is 0 Å². The van der Waals surface area contributed by atoms with Gasteiger partial charge >= 0.3 is 58.4 Å². The van der Waals surface area contributed by atoms with E-state index in [2.05, 4.69) is 4.98 Å². The zero-order valence-electron chi connectivity index (χ0n) is 9.58. The molecule has 0 aliphatic carbocycles. The second-order valence-electron chi connectivity index (χ2n) is 3.71. The molecule has 0 aromatic carbocycles. The molecule has 0 radical (unpaired) electrons. The van der Waals surface area contributed by atoms with Gasteiger partial charge in [-0.3, -0.25) is 0 Å². The molecule has 84 valence electrons. The van der Waals surface area contributed by atoms with Crippen LogP contribution in [-0.2, 0) is 0 Å². The summed E-state index contributed by atoms with van der Waals surface area (Å²) >= 11 is 0. The second-order valence-corrected chi connectivity index (χ2v) is 3.71. The van der Waals surface area contributed by atoms with Gasteiger partial charge in [-0.1, -0.05) is 25.4 Å². The molecule has 0 unspecified atom stereocenters. The Labute approximate surface area is 135 Å². The van der Waals surface area contributed by atoms with Crippen LogP contribution in [0.15, 0.2) is 18.3 Å². The molecule has 0 atom stereocenters. The van der Waals surface area contributed by atoms with Gasteiger partial charge in [0.1, 0.15) is 0 Å². The zero-order valence-corrected chi connectivity index (χ0v) is 12.7. The minimum Gasteiger partial charge on any atom is -0.477 e. The van der Waals surface area contributed by atoms with Crippen LogP contribution in [0.1, 0.15) is 13.8 Å². The molecule has 2 nitrogen and oxygen atoms in total. The van der Waals surface area contributed by atoms with E-state index in [1.807, 2.05) is 13.8 Å². The van der Waals surface area contributed by atoms with Crippen molar-refractivity contribution in [3.8, 4) is 5.88 Å². The molecule has 0 saturated heterocycles. The van der Waals surface area contributed by atoms with Crippen molar-refractivity contribution >= 4 is 12.4 Å². The van der Waals surface area contributed by atoms with Gasteiger partial charge in [0.15, 0.2) is 0 Å². The molecule has 0 spiro atoms. The second kappa shape index (κ2) is 7.00. The van der Waals surface area contributed by atoms with Gasteiger partial charge in [-0.15, -0.1) is 0 Å². The van der Waals surface area contributed by atoms with E-state index >= 15 is 0 Å². The summed E-state index contributed by atoms with van der Waals surface area (Å²) in [4.78, 5) is 3.59. The molecule has 1 rings (SSSR count). The van der Waals surface area contributed by atoms with Gasteiger partial charge in [0.2, 0.25) is 5.88 Å². The maximum absolute atomic E-state index is 12.2. The number of aromatic nitrogens is 1. The molecule has 1 aromatic heterocycles. The molecule has 0 amide bonds. The van der Waals surface area contributed by atoms with Crippen LogP contribution < -0.4 is 61.6 Å². The standard InChI is InChI=1S/C9H12BF3NO.K/c1-7(2)6-15-9-4-3-8(5-14-9)10(11,12)13;/h3-5,7H,6H2,1-2H3;/q-1;+1. The fraction of sp³-hybridized carbons (Fsp3) is 0.444. The summed E-state index contributed by atoms with van der Waals surface area (Å²) in [6, 6.07) is 2.23. The molecule has 16 heavy (non-hydrogen) atoms. The first kappa shape index (κ1) is 16.4. The van der Waals surface area contributed by atoms with Crippen LogP contribution in [0.5, 0.6) is 5.88 Å². The zero-order chi connectivity index (χ0) is 11.5. The molecular weight excluding hydrogens is 245 g/mol. The molecular formula is C9H12BF3KNO. The molecule has 0 aliphatic rings. The predicted octanol–water partition coefficient (Wildman–Crippen LogP) is -0.825. The average molecular weight is 257 g/mol. The molecule has 1 aromatic rings. The third kappa shape index (κ3) is 5.68. The molecule has 0 fully saturated rings. The Kier molecular flexibility index (Phi) is 7.20. The monoisotopic (exact) mass is 257 g/mol. The van der Waals surface area contributed by atoms with Crippen molar-refractivity contribution < 1.29 is 69.1 Å². The van der Waals surface area contributed by atoms with Gasteiger partial charge in [0.25, 0.3) is 0 Å². The topological polar surface area (TPSA) is 22.1 Å². The maximum atomic E-state index is 12.2. The quantitative estimate of drug-likeness (QED) is 0.657. The molecule has 1 heterocycles. The van der Waals surface area contributed by atoms with Crippen LogP contribution in [0.4, 0.5) is 12.9 Å². The maximum Gasteiger partial charge on any atom is 1.00 e. The average Bonchev–Trinajstić information content (AvgIpc) is 2.14. The fourth-order valence-electron chi connectivity index (χ4n) is 0.923. The summed E-state index contributed by atoms with van der Waals surface area (Å²) in [5.74, 6) is 0.547. The number of rotatable bonds is 4. The first-order valence-electron chi connectivity index (χ1n) is 4.68. The molecule has 0 saturated carbocycles. The van der Waals surface area contributed by atoms with E-state index < -0.39 is 12.4 Å². The Morgan fingerprint density at radius 1 is 1.31 bits per heavy atom. The van der Waals surface area contributed by atoms with Gasteiger partial charge in [-0.2, -0.15) is 0 Å². The third-order valence-electron chi connectivity index (χ3n) is 1.70. The van der Waals surface area contributed by atoms with Crippen LogP contribution in [0, 0.1) is 5.92 Å². The fourth-order valence-corrected chi connectivity index (χ4v) is 0.923. The van der Waals surface area contributed by atoms with Crippen molar-refractivity contribution in [1.29, 1.82) is 0 Å². The number of nitrogens with zero attached hydrogens (tertiary/aromatic N) is 1. The predicted molar refractivity (Wildman–Crippen MR) is 53.3 cm³/mol. The van der Waals surface area contributed by atoms with Crippen LogP contribution >= 0.6 is 0 Å². The van der Waals surface area contributed by atoms with E-state index in [1.165, 1.54) is 6.07 Å². The SMILES string of the molecule is CC(C)COc1ccc([B-](F)(F)F)cn1.[K+]. The van der Waals surface area contributed by atoms with Gasteiger partial charge < -0.3 is 17.7 Å². The summed E-state index contributed by atoms with van der Waals surface area (Å²) in [6.45, 7) is -0.612. The van der Waals surface area contributed by atoms with E-state index in [1.54, 1.807) is 0 Å². The minimum atomic E-state index is -4.96. The number of pyridine rings is 1. The normalized spacial score (nSPS) is 11.1. The van der Waals surface area contributed by atoms with Gasteiger partial charge in [-0.25, -0.2) is 4.98 Å². The smallest absolute Gasteiger partial charge is 0.477 e. The largest absolute Gasteiger partial charge is 1.00 e. The number of ether oxygens (including phenoxy) is 1. The first-order chi connectivity index (χ1) is 6.89. The van der Waals surface area contributed by atoms with Gasteiger partial charge in [-0.05, 0) is 12.0 Å². The van der Waals surface area contributed by atoms with Crippen molar-refractivity contribution in [2.45, 2.75) is 13.8 Å². The van der Waals surface area contributed by atoms with Crippen molar-refractivity contribution in [1.82, 2.24) is 4.98 Å². The summed E-state index contributed by atoms with van der Waals surface area (Å²) < 4.78 is 41.8. The number of hydrogen-bond donors (Lipinski definition) is 0. The van der Waals surface area contributed by atoms with Crippen molar-refractivity contribution in [3.63, 3.8) is 0 Å². The number of halogens is 3. The molecule has 0 aliphatic heterocycles. The van der Waals surface area contributed by atoms with E-state index in [0.717, 1.165) is 12.3 Å². The van der Waals surface area contributed by atoms with Crippen LogP contribution in [0.25, 0.3) is 0 Å². The Balaban J connectivity index is 0.00000225. The summed E-state index contributed by atoms with van der Waals surface area (Å²) in [5, 5.41) is 0.